The summed E-state index contributed by atoms with van der Waals surface area (Å²) in [7, 11) is 1.79. The van der Waals surface area contributed by atoms with Crippen LogP contribution in [0.2, 0.25) is 0 Å². The summed E-state index contributed by atoms with van der Waals surface area (Å²) < 4.78 is 6.21. The van der Waals surface area contributed by atoms with Gasteiger partial charge < -0.3 is 15.1 Å². The second kappa shape index (κ2) is 7.58. The zero-order chi connectivity index (χ0) is 24.4. The third-order valence-corrected chi connectivity index (χ3v) is 8.00. The summed E-state index contributed by atoms with van der Waals surface area (Å²) in [6, 6.07) is 32.5. The first-order valence-electron chi connectivity index (χ1n) is 12.2. The molecule has 1 spiro atoms. The molecule has 1 aliphatic carbocycles. The summed E-state index contributed by atoms with van der Waals surface area (Å²) in [6.07, 6.45) is 0. The summed E-state index contributed by atoms with van der Waals surface area (Å²) >= 11 is 0. The van der Waals surface area contributed by atoms with Crippen LogP contribution >= 0.6 is 0 Å². The average Bonchev–Trinajstić information content (AvgIpc) is 3.14. The van der Waals surface area contributed by atoms with Gasteiger partial charge in [-0.25, -0.2) is 0 Å². The van der Waals surface area contributed by atoms with Crippen molar-refractivity contribution in [2.24, 2.45) is 0 Å². The van der Waals surface area contributed by atoms with Gasteiger partial charge in [-0.15, -0.1) is 0 Å². The molecule has 0 saturated heterocycles. The van der Waals surface area contributed by atoms with E-state index in [1.165, 1.54) is 33.4 Å². The molecule has 0 amide bonds. The first kappa shape index (κ1) is 22.1. The molecule has 0 atom stereocenters. The van der Waals surface area contributed by atoms with Crippen LogP contribution in [0, 0.1) is 0 Å². The van der Waals surface area contributed by atoms with Crippen molar-refractivity contribution in [1.29, 1.82) is 0 Å². The lowest BCUT2D eigenvalue weighted by molar-refractivity contribution is -0.0893. The van der Waals surface area contributed by atoms with Crippen molar-refractivity contribution in [3.05, 3.63) is 113 Å². The number of fused-ring (bicyclic) bond motifs is 9. The monoisotopic (exact) mass is 458 g/mol. The Kier molecular flexibility index (Phi) is 4.80. The van der Waals surface area contributed by atoms with Crippen LogP contribution < -0.4 is 10.8 Å². The van der Waals surface area contributed by atoms with E-state index in [1.54, 1.807) is 21.3 Å². The highest BCUT2D eigenvalue weighted by atomic mass is 16.5. The molecular weight excluding hydrogens is 429 g/mol. The van der Waals surface area contributed by atoms with Gasteiger partial charge in [0.25, 0.3) is 0 Å². The Hall–Kier alpha value is -3.34. The highest BCUT2D eigenvalue weighted by Crippen LogP contribution is 2.60. The molecule has 6 rings (SSSR count). The van der Waals surface area contributed by atoms with Crippen molar-refractivity contribution in [2.45, 2.75) is 44.3 Å². The Morgan fingerprint density at radius 3 is 1.86 bits per heavy atom. The van der Waals surface area contributed by atoms with E-state index >= 15 is 0 Å². The number of hydrogen-bond donors (Lipinski definition) is 2. The van der Waals surface area contributed by atoms with Gasteiger partial charge in [-0.2, -0.15) is 0 Å². The standard InChI is InChI=1S/C31H29BNO2/c1-29(2,34)30(3,4)35-32-26-18-11-17-25-28(26)33-27-19-10-9-16-24(27)31(25)22-14-7-5-12-20(22)21-13-6-8-15-23(21)31/h5-19,33-34H,1-4H3. The molecule has 1 radical (unpaired) electrons. The van der Waals surface area contributed by atoms with E-state index in [0.717, 1.165) is 16.8 Å². The third-order valence-electron chi connectivity index (χ3n) is 8.00. The maximum atomic E-state index is 10.6. The highest BCUT2D eigenvalue weighted by molar-refractivity contribution is 6.50. The summed E-state index contributed by atoms with van der Waals surface area (Å²) in [6.45, 7) is 7.37. The number of benzene rings is 4. The van der Waals surface area contributed by atoms with Crippen LogP contribution in [0.5, 0.6) is 0 Å². The molecule has 4 aromatic carbocycles. The van der Waals surface area contributed by atoms with E-state index < -0.39 is 16.6 Å². The SMILES string of the molecule is CC(C)(O)C(C)(C)O[B]c1cccc2c1Nc1ccccc1C21c2ccccc2-c2ccccc21. The van der Waals surface area contributed by atoms with E-state index in [-0.39, 0.29) is 0 Å². The van der Waals surface area contributed by atoms with Crippen LogP contribution in [-0.2, 0) is 10.1 Å². The highest BCUT2D eigenvalue weighted by Gasteiger charge is 2.50. The Morgan fingerprint density at radius 1 is 0.686 bits per heavy atom. The van der Waals surface area contributed by atoms with Crippen molar-refractivity contribution >= 4 is 24.3 Å². The molecular formula is C31H29BNO2. The van der Waals surface area contributed by atoms with Gasteiger partial charge in [0.05, 0.1) is 16.6 Å². The van der Waals surface area contributed by atoms with E-state index in [0.29, 0.717) is 0 Å². The number of para-hydroxylation sites is 2. The zero-order valence-electron chi connectivity index (χ0n) is 20.6. The maximum absolute atomic E-state index is 10.6. The summed E-state index contributed by atoms with van der Waals surface area (Å²) in [5.74, 6) is 0. The fourth-order valence-corrected chi connectivity index (χ4v) is 5.49. The minimum absolute atomic E-state index is 0.431. The molecule has 0 unspecified atom stereocenters. The molecule has 1 aliphatic heterocycles. The minimum atomic E-state index is -0.997. The minimum Gasteiger partial charge on any atom is -0.427 e. The fourth-order valence-electron chi connectivity index (χ4n) is 5.49. The van der Waals surface area contributed by atoms with Gasteiger partial charge in [-0.3, -0.25) is 0 Å². The van der Waals surface area contributed by atoms with Gasteiger partial charge in [0, 0.05) is 11.4 Å². The Morgan fingerprint density at radius 2 is 1.23 bits per heavy atom. The Balaban J connectivity index is 1.61. The summed E-state index contributed by atoms with van der Waals surface area (Å²) in [5.41, 5.74) is 8.49. The van der Waals surface area contributed by atoms with Gasteiger partial charge in [-0.05, 0) is 72.6 Å². The average molecular weight is 458 g/mol. The van der Waals surface area contributed by atoms with Crippen LogP contribution in [0.15, 0.2) is 91.0 Å². The van der Waals surface area contributed by atoms with E-state index in [4.69, 9.17) is 4.65 Å². The second-order valence-electron chi connectivity index (χ2n) is 10.6. The molecule has 3 nitrogen and oxygen atoms in total. The van der Waals surface area contributed by atoms with Gasteiger partial charge >= 0.3 is 7.48 Å². The predicted molar refractivity (Wildman–Crippen MR) is 144 cm³/mol. The maximum Gasteiger partial charge on any atom is 0.333 e. The third kappa shape index (κ3) is 3.07. The molecule has 4 aromatic rings. The first-order valence-corrected chi connectivity index (χ1v) is 12.2. The lowest BCUT2D eigenvalue weighted by Crippen LogP contribution is -2.49. The zero-order valence-corrected chi connectivity index (χ0v) is 20.6. The molecule has 35 heavy (non-hydrogen) atoms. The molecule has 0 saturated carbocycles. The first-order chi connectivity index (χ1) is 16.7. The van der Waals surface area contributed by atoms with Crippen molar-refractivity contribution in [1.82, 2.24) is 0 Å². The molecule has 2 aliphatic rings. The predicted octanol–water partition coefficient (Wildman–Crippen LogP) is 5.92. The summed E-state index contributed by atoms with van der Waals surface area (Å²) in [5, 5.41) is 14.3. The van der Waals surface area contributed by atoms with Gasteiger partial charge in [0.2, 0.25) is 0 Å². The molecule has 0 aromatic heterocycles. The normalized spacial score (nSPS) is 15.0. The number of nitrogens with one attached hydrogen (secondary N) is 1. The van der Waals surface area contributed by atoms with E-state index in [9.17, 15) is 5.11 Å². The summed E-state index contributed by atoms with van der Waals surface area (Å²) in [4.78, 5) is 0. The largest absolute Gasteiger partial charge is 0.427 e. The lowest BCUT2D eigenvalue weighted by atomic mass is 9.63. The van der Waals surface area contributed by atoms with Crippen molar-refractivity contribution < 1.29 is 9.76 Å². The van der Waals surface area contributed by atoms with E-state index in [2.05, 4.69) is 96.3 Å². The Bertz CT molecular complexity index is 1410. The van der Waals surface area contributed by atoms with Crippen LogP contribution in [0.4, 0.5) is 11.4 Å². The van der Waals surface area contributed by atoms with Crippen LogP contribution in [0.1, 0.15) is 49.9 Å². The molecule has 1 heterocycles. The van der Waals surface area contributed by atoms with Crippen molar-refractivity contribution in [3.8, 4) is 11.1 Å². The Labute approximate surface area is 208 Å². The number of anilines is 2. The smallest absolute Gasteiger partial charge is 0.333 e. The molecule has 2 N–H and O–H groups in total. The van der Waals surface area contributed by atoms with Crippen molar-refractivity contribution in [2.75, 3.05) is 5.32 Å². The lowest BCUT2D eigenvalue weighted by Gasteiger charge is -2.41. The van der Waals surface area contributed by atoms with Gasteiger partial charge in [0.15, 0.2) is 0 Å². The molecule has 4 heteroatoms. The van der Waals surface area contributed by atoms with Gasteiger partial charge in [-0.1, -0.05) is 84.9 Å². The molecule has 173 valence electrons. The quantitative estimate of drug-likeness (QED) is 0.323. The number of aliphatic hydroxyl groups is 1. The van der Waals surface area contributed by atoms with Crippen LogP contribution in [0.25, 0.3) is 11.1 Å². The number of rotatable bonds is 4. The molecule has 0 bridgehead atoms. The van der Waals surface area contributed by atoms with Crippen LogP contribution in [0.3, 0.4) is 0 Å². The topological polar surface area (TPSA) is 41.5 Å². The fraction of sp³-hybridized carbons (Fsp3) is 0.226. The van der Waals surface area contributed by atoms with E-state index in [1.807, 2.05) is 13.8 Å². The van der Waals surface area contributed by atoms with Crippen molar-refractivity contribution in [3.63, 3.8) is 0 Å². The van der Waals surface area contributed by atoms with Crippen LogP contribution in [-0.4, -0.2) is 23.8 Å². The van der Waals surface area contributed by atoms with Gasteiger partial charge in [0.1, 0.15) is 0 Å². The second-order valence-corrected chi connectivity index (χ2v) is 10.6. The number of hydrogen-bond acceptors (Lipinski definition) is 3. The molecule has 0 fully saturated rings.